The quantitative estimate of drug-likeness (QED) is 0.262. The molecule has 3 N–H and O–H groups in total. The molecule has 1 unspecified atom stereocenters. The Bertz CT molecular complexity index is 1230. The van der Waals surface area contributed by atoms with E-state index < -0.39 is 17.6 Å². The molecule has 0 heterocycles. The highest BCUT2D eigenvalue weighted by atomic mass is 35.5. The number of hydrogen-bond acceptors (Lipinski definition) is 3. The average Bonchev–Trinajstić information content (AvgIpc) is 2.87. The van der Waals surface area contributed by atoms with Crippen LogP contribution in [0.1, 0.15) is 27.8 Å². The molecule has 0 saturated heterocycles. The first kappa shape index (κ1) is 23.7. The summed E-state index contributed by atoms with van der Waals surface area (Å²) >= 11 is 6.71. The van der Waals surface area contributed by atoms with Crippen LogP contribution in [0.4, 0.5) is 0 Å². The Labute approximate surface area is 205 Å². The summed E-state index contributed by atoms with van der Waals surface area (Å²) in [6.45, 7) is 2.02. The van der Waals surface area contributed by atoms with Gasteiger partial charge in [0.25, 0.3) is 5.91 Å². The Morgan fingerprint density at radius 1 is 0.853 bits per heavy atom. The minimum absolute atomic E-state index is 0.394. The Morgan fingerprint density at radius 2 is 1.41 bits per heavy atom. The zero-order valence-electron chi connectivity index (χ0n) is 18.9. The minimum atomic E-state index is -1.19. The van der Waals surface area contributed by atoms with Crippen molar-refractivity contribution < 1.29 is 9.63 Å². The van der Waals surface area contributed by atoms with Gasteiger partial charge in [-0.05, 0) is 36.1 Å². The van der Waals surface area contributed by atoms with E-state index in [1.54, 1.807) is 0 Å². The van der Waals surface area contributed by atoms with Crippen LogP contribution in [0.2, 0.25) is 5.02 Å². The van der Waals surface area contributed by atoms with Crippen LogP contribution in [0.15, 0.2) is 109 Å². The second-order valence-corrected chi connectivity index (χ2v) is 8.66. The van der Waals surface area contributed by atoms with Crippen molar-refractivity contribution in [2.75, 3.05) is 0 Å². The molecule has 4 aromatic rings. The number of carbonyl (C=O) groups is 1. The molecule has 0 fully saturated rings. The predicted molar refractivity (Wildman–Crippen MR) is 136 cm³/mol. The van der Waals surface area contributed by atoms with Crippen LogP contribution in [0.25, 0.3) is 0 Å². The highest BCUT2D eigenvalue weighted by molar-refractivity contribution is 6.31. The fourth-order valence-corrected chi connectivity index (χ4v) is 4.29. The first-order valence-corrected chi connectivity index (χ1v) is 11.5. The summed E-state index contributed by atoms with van der Waals surface area (Å²) in [6, 6.07) is 34.1. The molecule has 0 bridgehead atoms. The van der Waals surface area contributed by atoms with E-state index in [-0.39, 0.29) is 0 Å². The maximum Gasteiger partial charge on any atom is 0.260 e. The molecule has 4 rings (SSSR count). The van der Waals surface area contributed by atoms with Gasteiger partial charge in [0.15, 0.2) is 5.60 Å². The third-order valence-electron chi connectivity index (χ3n) is 5.83. The van der Waals surface area contributed by atoms with Crippen LogP contribution in [0, 0.1) is 6.92 Å². The topological polar surface area (TPSA) is 64.3 Å². The van der Waals surface area contributed by atoms with Gasteiger partial charge in [0, 0.05) is 10.6 Å². The van der Waals surface area contributed by atoms with Crippen LogP contribution >= 0.6 is 11.6 Å². The second-order valence-electron chi connectivity index (χ2n) is 8.26. The van der Waals surface area contributed by atoms with E-state index in [2.05, 4.69) is 5.48 Å². The molecule has 172 valence electrons. The Morgan fingerprint density at radius 3 is 2.06 bits per heavy atom. The van der Waals surface area contributed by atoms with Crippen molar-refractivity contribution in [2.45, 2.75) is 25.0 Å². The number of amides is 1. The van der Waals surface area contributed by atoms with Crippen molar-refractivity contribution >= 4 is 17.5 Å². The summed E-state index contributed by atoms with van der Waals surface area (Å²) in [6.07, 6.45) is 0.394. The lowest BCUT2D eigenvalue weighted by molar-refractivity contribution is -0.144. The van der Waals surface area contributed by atoms with Gasteiger partial charge in [-0.2, -0.15) is 0 Å². The number of hydrogen-bond donors (Lipinski definition) is 2. The molecule has 5 heteroatoms. The maximum absolute atomic E-state index is 13.0. The second kappa shape index (κ2) is 10.7. The van der Waals surface area contributed by atoms with E-state index in [4.69, 9.17) is 22.2 Å². The van der Waals surface area contributed by atoms with Crippen molar-refractivity contribution in [1.82, 2.24) is 5.48 Å². The third-order valence-corrected chi connectivity index (χ3v) is 6.16. The van der Waals surface area contributed by atoms with Gasteiger partial charge >= 0.3 is 0 Å². The number of hydroxylamine groups is 1. The predicted octanol–water partition coefficient (Wildman–Crippen LogP) is 5.56. The number of nitrogens with two attached hydrogens (primary N) is 1. The van der Waals surface area contributed by atoms with E-state index in [9.17, 15) is 4.79 Å². The minimum Gasteiger partial charge on any atom is -0.320 e. The smallest absolute Gasteiger partial charge is 0.260 e. The molecule has 2 atom stereocenters. The molecule has 0 spiro atoms. The largest absolute Gasteiger partial charge is 0.320 e. The van der Waals surface area contributed by atoms with Gasteiger partial charge < -0.3 is 5.73 Å². The number of nitrogens with one attached hydrogen (secondary N) is 1. The zero-order valence-corrected chi connectivity index (χ0v) is 19.7. The number of carbonyl (C=O) groups excluding carboxylic acids is 1. The summed E-state index contributed by atoms with van der Waals surface area (Å²) in [5.41, 5.74) is 12.1. The van der Waals surface area contributed by atoms with Crippen LogP contribution < -0.4 is 11.2 Å². The summed E-state index contributed by atoms with van der Waals surface area (Å²) in [7, 11) is 0. The molecule has 4 aromatic carbocycles. The summed E-state index contributed by atoms with van der Waals surface area (Å²) in [4.78, 5) is 19.4. The fourth-order valence-electron chi connectivity index (χ4n) is 4.02. The third kappa shape index (κ3) is 5.05. The Kier molecular flexibility index (Phi) is 7.43. The molecule has 4 nitrogen and oxygen atoms in total. The molecular formula is C29H27ClN2O2. The lowest BCUT2D eigenvalue weighted by Crippen LogP contribution is -2.47. The van der Waals surface area contributed by atoms with Gasteiger partial charge in [-0.25, -0.2) is 5.48 Å². The number of halogens is 1. The summed E-state index contributed by atoms with van der Waals surface area (Å²) < 4.78 is 0. The average molecular weight is 471 g/mol. The summed E-state index contributed by atoms with van der Waals surface area (Å²) in [5, 5.41) is 0.523. The molecular weight excluding hydrogens is 444 g/mol. The molecule has 34 heavy (non-hydrogen) atoms. The number of rotatable bonds is 8. The Balaban J connectivity index is 1.75. The van der Waals surface area contributed by atoms with Crippen molar-refractivity contribution in [1.29, 1.82) is 0 Å². The van der Waals surface area contributed by atoms with Crippen LogP contribution in [0.3, 0.4) is 0 Å². The highest BCUT2D eigenvalue weighted by Gasteiger charge is 2.41. The van der Waals surface area contributed by atoms with Crippen LogP contribution in [-0.2, 0) is 21.7 Å². The summed E-state index contributed by atoms with van der Waals surface area (Å²) in [5.74, 6) is -0.414. The molecule has 1 amide bonds. The van der Waals surface area contributed by atoms with Gasteiger partial charge in [0.05, 0.1) is 6.04 Å². The highest BCUT2D eigenvalue weighted by Crippen LogP contribution is 2.42. The van der Waals surface area contributed by atoms with Crippen molar-refractivity contribution in [2.24, 2.45) is 5.73 Å². The van der Waals surface area contributed by atoms with E-state index in [1.807, 2.05) is 116 Å². The zero-order chi connectivity index (χ0) is 24.0. The molecule has 0 aliphatic rings. The normalized spacial score (nSPS) is 13.6. The van der Waals surface area contributed by atoms with Gasteiger partial charge in [0.1, 0.15) is 0 Å². The Hall–Kier alpha value is -3.44. The number of aryl methyl sites for hydroxylation is 1. The molecule has 0 saturated carbocycles. The monoisotopic (exact) mass is 470 g/mol. The maximum atomic E-state index is 13.0. The van der Waals surface area contributed by atoms with Gasteiger partial charge in [-0.3, -0.25) is 9.63 Å². The van der Waals surface area contributed by atoms with Crippen molar-refractivity contribution in [3.63, 3.8) is 0 Å². The number of benzene rings is 4. The van der Waals surface area contributed by atoms with Crippen molar-refractivity contribution in [3.05, 3.63) is 142 Å². The van der Waals surface area contributed by atoms with E-state index in [1.165, 1.54) is 0 Å². The molecule has 0 aliphatic carbocycles. The van der Waals surface area contributed by atoms with E-state index in [0.717, 1.165) is 22.3 Å². The van der Waals surface area contributed by atoms with Gasteiger partial charge in [-0.1, -0.05) is 120 Å². The first-order chi connectivity index (χ1) is 16.5. The van der Waals surface area contributed by atoms with Crippen LogP contribution in [0.5, 0.6) is 0 Å². The SMILES string of the molecule is Cc1ccc(C(ONC(=O)[C@H](N)Cc2ccccc2)(c2ccccc2)c2ccccc2Cl)cc1. The van der Waals surface area contributed by atoms with E-state index in [0.29, 0.717) is 17.0 Å². The van der Waals surface area contributed by atoms with Crippen molar-refractivity contribution in [3.8, 4) is 0 Å². The molecule has 0 aliphatic heterocycles. The molecule has 0 radical (unpaired) electrons. The first-order valence-electron chi connectivity index (χ1n) is 11.2. The standard InChI is InChI=1S/C29H27ClN2O2/c1-21-16-18-24(19-17-21)29(23-12-6-3-7-13-23,25-14-8-9-15-26(25)30)34-32-28(33)27(31)20-22-10-4-2-5-11-22/h2-19,27H,20,31H2,1H3,(H,32,33)/t27-,29?/m1/s1. The fraction of sp³-hybridized carbons (Fsp3) is 0.138. The lowest BCUT2D eigenvalue weighted by atomic mass is 9.80. The van der Waals surface area contributed by atoms with Crippen LogP contribution in [-0.4, -0.2) is 11.9 Å². The van der Waals surface area contributed by atoms with E-state index >= 15 is 0 Å². The van der Waals surface area contributed by atoms with Gasteiger partial charge in [0.2, 0.25) is 0 Å². The molecule has 0 aromatic heterocycles. The van der Waals surface area contributed by atoms with Gasteiger partial charge in [-0.15, -0.1) is 0 Å². The lowest BCUT2D eigenvalue weighted by Gasteiger charge is -2.36.